The van der Waals surface area contributed by atoms with E-state index in [1.54, 1.807) is 11.0 Å². The number of carboxylic acids is 1. The van der Waals surface area contributed by atoms with Crippen LogP contribution in [-0.2, 0) is 11.2 Å². The normalized spacial score (nSPS) is 17.0. The summed E-state index contributed by atoms with van der Waals surface area (Å²) in [4.78, 5) is 26.6. The van der Waals surface area contributed by atoms with Crippen LogP contribution in [0.15, 0.2) is 36.9 Å². The maximum absolute atomic E-state index is 12.7. The number of carbonyl (C=O) groups excluding carboxylic acids is 1. The van der Waals surface area contributed by atoms with Gasteiger partial charge in [0.05, 0.1) is 0 Å². The van der Waals surface area contributed by atoms with Crippen LogP contribution in [0.25, 0.3) is 0 Å². The average molecular weight is 288 g/mol. The number of para-hydroxylation sites is 1. The lowest BCUT2D eigenvalue weighted by Crippen LogP contribution is -2.49. The fourth-order valence-corrected chi connectivity index (χ4v) is 2.68. The van der Waals surface area contributed by atoms with Crippen molar-refractivity contribution in [2.24, 2.45) is 5.92 Å². The Hall–Kier alpha value is -2.30. The molecular weight excluding hydrogens is 268 g/mol. The molecule has 0 spiro atoms. The van der Waals surface area contributed by atoms with Crippen LogP contribution in [0, 0.1) is 5.92 Å². The third kappa shape index (κ3) is 3.42. The lowest BCUT2D eigenvalue weighted by atomic mass is 9.94. The minimum Gasteiger partial charge on any atom is -0.480 e. The molecule has 2 rings (SSSR count). The molecule has 5 nitrogen and oxygen atoms in total. The molecule has 1 aromatic rings. The van der Waals surface area contributed by atoms with Crippen molar-refractivity contribution in [2.75, 3.05) is 24.5 Å². The van der Waals surface area contributed by atoms with Crippen molar-refractivity contribution in [1.29, 1.82) is 0 Å². The molecule has 0 bridgehead atoms. The number of urea groups is 1. The molecular formula is C16H20N2O3. The molecule has 1 unspecified atom stereocenters. The summed E-state index contributed by atoms with van der Waals surface area (Å²) in [5, 5.41) is 8.96. The van der Waals surface area contributed by atoms with Crippen LogP contribution in [0.2, 0.25) is 0 Å². The van der Waals surface area contributed by atoms with Crippen LogP contribution in [0.1, 0.15) is 12.5 Å². The maximum atomic E-state index is 12.7. The Morgan fingerprint density at radius 2 is 2.19 bits per heavy atom. The Morgan fingerprint density at radius 3 is 2.86 bits per heavy atom. The minimum atomic E-state index is -1.02. The number of hydrogen-bond acceptors (Lipinski definition) is 2. The van der Waals surface area contributed by atoms with Gasteiger partial charge in [0, 0.05) is 18.8 Å². The summed E-state index contributed by atoms with van der Waals surface area (Å²) in [5.74, 6) is -0.678. The van der Waals surface area contributed by atoms with Crippen LogP contribution < -0.4 is 4.90 Å². The monoisotopic (exact) mass is 288 g/mol. The van der Waals surface area contributed by atoms with Crippen molar-refractivity contribution in [3.63, 3.8) is 0 Å². The third-order valence-electron chi connectivity index (χ3n) is 3.52. The molecule has 1 N–H and O–H groups in total. The molecule has 0 aliphatic carbocycles. The number of carbonyl (C=O) groups is 2. The van der Waals surface area contributed by atoms with Gasteiger partial charge in [0.15, 0.2) is 0 Å². The van der Waals surface area contributed by atoms with E-state index in [0.29, 0.717) is 12.5 Å². The number of carboxylic acid groups (broad SMARTS) is 1. The zero-order chi connectivity index (χ0) is 15.4. The molecule has 1 atom stereocenters. The van der Waals surface area contributed by atoms with Gasteiger partial charge in [-0.2, -0.15) is 0 Å². The number of rotatable bonds is 4. The first kappa shape index (κ1) is 15.1. The van der Waals surface area contributed by atoms with Crippen LogP contribution in [0.4, 0.5) is 10.5 Å². The van der Waals surface area contributed by atoms with Gasteiger partial charge in [-0.3, -0.25) is 9.69 Å². The van der Waals surface area contributed by atoms with Crippen LogP contribution >= 0.6 is 0 Å². The molecule has 2 amide bonds. The van der Waals surface area contributed by atoms with Crippen LogP contribution in [-0.4, -0.2) is 41.6 Å². The highest BCUT2D eigenvalue weighted by atomic mass is 16.4. The first-order chi connectivity index (χ1) is 10.0. The van der Waals surface area contributed by atoms with Gasteiger partial charge in [-0.25, -0.2) is 4.79 Å². The van der Waals surface area contributed by atoms with Crippen molar-refractivity contribution in [2.45, 2.75) is 13.3 Å². The van der Waals surface area contributed by atoms with E-state index in [1.165, 1.54) is 4.90 Å². The Bertz CT molecular complexity index is 556. The molecule has 1 aliphatic heterocycles. The number of aliphatic carboxylic acids is 1. The number of hydrogen-bond donors (Lipinski definition) is 1. The van der Waals surface area contributed by atoms with Gasteiger partial charge in [-0.15, -0.1) is 6.58 Å². The second-order valence-electron chi connectivity index (χ2n) is 5.39. The largest absolute Gasteiger partial charge is 0.480 e. The Kier molecular flexibility index (Phi) is 4.62. The van der Waals surface area contributed by atoms with Crippen molar-refractivity contribution in [3.05, 3.63) is 42.5 Å². The Labute approximate surface area is 124 Å². The fourth-order valence-electron chi connectivity index (χ4n) is 2.68. The zero-order valence-corrected chi connectivity index (χ0v) is 12.2. The SMILES string of the molecule is C=CCN(CC(=O)O)C(=O)N1CC(C)Cc2ccccc21. The van der Waals surface area contributed by atoms with E-state index < -0.39 is 5.97 Å². The summed E-state index contributed by atoms with van der Waals surface area (Å²) in [7, 11) is 0. The highest BCUT2D eigenvalue weighted by Gasteiger charge is 2.29. The van der Waals surface area contributed by atoms with Gasteiger partial charge in [0.2, 0.25) is 0 Å². The summed E-state index contributed by atoms with van der Waals surface area (Å²) < 4.78 is 0. The zero-order valence-electron chi connectivity index (χ0n) is 12.2. The molecule has 0 fully saturated rings. The van der Waals surface area contributed by atoms with Crippen LogP contribution in [0.5, 0.6) is 0 Å². The molecule has 1 aliphatic rings. The molecule has 0 radical (unpaired) electrons. The maximum Gasteiger partial charge on any atom is 0.325 e. The highest BCUT2D eigenvalue weighted by molar-refractivity contribution is 5.95. The minimum absolute atomic E-state index is 0.220. The average Bonchev–Trinajstić information content (AvgIpc) is 2.44. The quantitative estimate of drug-likeness (QED) is 0.865. The molecule has 0 aromatic heterocycles. The number of anilines is 1. The summed E-state index contributed by atoms with van der Waals surface area (Å²) in [6, 6.07) is 7.49. The van der Waals surface area contributed by atoms with Gasteiger partial charge in [0.1, 0.15) is 6.54 Å². The predicted molar refractivity (Wildman–Crippen MR) is 81.5 cm³/mol. The topological polar surface area (TPSA) is 60.9 Å². The van der Waals surface area contributed by atoms with E-state index >= 15 is 0 Å². The summed E-state index contributed by atoms with van der Waals surface area (Å²) >= 11 is 0. The van der Waals surface area contributed by atoms with Crippen molar-refractivity contribution in [1.82, 2.24) is 4.90 Å². The van der Waals surface area contributed by atoms with E-state index in [0.717, 1.165) is 17.7 Å². The van der Waals surface area contributed by atoms with Crippen LogP contribution in [0.3, 0.4) is 0 Å². The molecule has 0 saturated carbocycles. The molecule has 1 heterocycles. The molecule has 21 heavy (non-hydrogen) atoms. The molecule has 1 aromatic carbocycles. The number of benzene rings is 1. The van der Waals surface area contributed by atoms with E-state index in [2.05, 4.69) is 13.5 Å². The Morgan fingerprint density at radius 1 is 1.48 bits per heavy atom. The van der Waals surface area contributed by atoms with Gasteiger partial charge >= 0.3 is 12.0 Å². The smallest absolute Gasteiger partial charge is 0.325 e. The molecule has 112 valence electrons. The number of fused-ring (bicyclic) bond motifs is 1. The third-order valence-corrected chi connectivity index (χ3v) is 3.52. The van der Waals surface area contributed by atoms with E-state index in [1.807, 2.05) is 24.3 Å². The summed E-state index contributed by atoms with van der Waals surface area (Å²) in [6.07, 6.45) is 2.47. The second kappa shape index (κ2) is 6.43. The van der Waals surface area contributed by atoms with Crippen molar-refractivity contribution < 1.29 is 14.7 Å². The van der Waals surface area contributed by atoms with E-state index in [-0.39, 0.29) is 19.1 Å². The van der Waals surface area contributed by atoms with Gasteiger partial charge in [0.25, 0.3) is 0 Å². The lowest BCUT2D eigenvalue weighted by molar-refractivity contribution is -0.137. The predicted octanol–water partition coefficient (Wildman–Crippen LogP) is 2.38. The lowest BCUT2D eigenvalue weighted by Gasteiger charge is -2.36. The second-order valence-corrected chi connectivity index (χ2v) is 5.39. The van der Waals surface area contributed by atoms with E-state index in [4.69, 9.17) is 5.11 Å². The fraction of sp³-hybridized carbons (Fsp3) is 0.375. The highest BCUT2D eigenvalue weighted by Crippen LogP contribution is 2.30. The standard InChI is InChI=1S/C16H20N2O3/c1-3-8-17(11-15(19)20)16(21)18-10-12(2)9-13-6-4-5-7-14(13)18/h3-7,12H,1,8-11H2,2H3,(H,19,20). The van der Waals surface area contributed by atoms with Crippen molar-refractivity contribution >= 4 is 17.7 Å². The first-order valence-corrected chi connectivity index (χ1v) is 7.00. The molecule has 5 heteroatoms. The van der Waals surface area contributed by atoms with Crippen molar-refractivity contribution in [3.8, 4) is 0 Å². The molecule has 0 saturated heterocycles. The summed E-state index contributed by atoms with van der Waals surface area (Å²) in [5.41, 5.74) is 2.00. The number of nitrogens with zero attached hydrogens (tertiary/aromatic N) is 2. The van der Waals surface area contributed by atoms with Gasteiger partial charge in [-0.1, -0.05) is 31.2 Å². The first-order valence-electron chi connectivity index (χ1n) is 7.00. The Balaban J connectivity index is 2.28. The van der Waals surface area contributed by atoms with E-state index in [9.17, 15) is 9.59 Å². The van der Waals surface area contributed by atoms with Gasteiger partial charge < -0.3 is 10.0 Å². The summed E-state index contributed by atoms with van der Waals surface area (Å²) in [6.45, 7) is 6.18. The van der Waals surface area contributed by atoms with Gasteiger partial charge in [-0.05, 0) is 24.0 Å². The number of amides is 2.